The van der Waals surface area contributed by atoms with Gasteiger partial charge in [-0.2, -0.15) is 0 Å². The highest BCUT2D eigenvalue weighted by Crippen LogP contribution is 2.22. The predicted octanol–water partition coefficient (Wildman–Crippen LogP) is 1.00. The Bertz CT molecular complexity index is 542. The molecule has 1 amide bonds. The van der Waals surface area contributed by atoms with E-state index in [1.807, 2.05) is 12.1 Å². The molecule has 0 radical (unpaired) electrons. The Morgan fingerprint density at radius 3 is 2.16 bits per heavy atom. The number of benzene rings is 1. The SMILES string of the molecule is CC(C)(C)c1ccc(C(=O)NCCS(N)(=O)=O)cc1. The van der Waals surface area contributed by atoms with E-state index in [9.17, 15) is 13.2 Å². The Labute approximate surface area is 114 Å². The van der Waals surface area contributed by atoms with Crippen LogP contribution in [0.4, 0.5) is 0 Å². The summed E-state index contributed by atoms with van der Waals surface area (Å²) in [5, 5.41) is 7.36. The van der Waals surface area contributed by atoms with Gasteiger partial charge in [-0.25, -0.2) is 13.6 Å². The zero-order chi connectivity index (χ0) is 14.7. The third-order valence-corrected chi connectivity index (χ3v) is 3.46. The summed E-state index contributed by atoms with van der Waals surface area (Å²) < 4.78 is 21.5. The van der Waals surface area contributed by atoms with Gasteiger partial charge in [0.2, 0.25) is 10.0 Å². The molecule has 19 heavy (non-hydrogen) atoms. The maximum Gasteiger partial charge on any atom is 0.251 e. The van der Waals surface area contributed by atoms with Gasteiger partial charge >= 0.3 is 0 Å². The number of nitrogens with one attached hydrogen (secondary N) is 1. The molecule has 0 saturated heterocycles. The molecule has 1 aromatic carbocycles. The topological polar surface area (TPSA) is 89.3 Å². The molecule has 0 atom stereocenters. The van der Waals surface area contributed by atoms with Crippen molar-refractivity contribution < 1.29 is 13.2 Å². The van der Waals surface area contributed by atoms with Crippen molar-refractivity contribution in [1.29, 1.82) is 0 Å². The van der Waals surface area contributed by atoms with Gasteiger partial charge < -0.3 is 5.32 Å². The van der Waals surface area contributed by atoms with E-state index in [-0.39, 0.29) is 23.6 Å². The molecule has 0 aromatic heterocycles. The molecule has 1 aromatic rings. The zero-order valence-electron chi connectivity index (χ0n) is 11.4. The highest BCUT2D eigenvalue weighted by molar-refractivity contribution is 7.89. The monoisotopic (exact) mass is 284 g/mol. The number of carbonyl (C=O) groups is 1. The number of amides is 1. The minimum Gasteiger partial charge on any atom is -0.351 e. The van der Waals surface area contributed by atoms with Crippen LogP contribution in [0.5, 0.6) is 0 Å². The maximum absolute atomic E-state index is 11.7. The second-order valence-corrected chi connectivity index (χ2v) is 7.18. The van der Waals surface area contributed by atoms with Crippen molar-refractivity contribution in [1.82, 2.24) is 5.32 Å². The van der Waals surface area contributed by atoms with Gasteiger partial charge in [-0.3, -0.25) is 4.79 Å². The average Bonchev–Trinajstić information content (AvgIpc) is 2.26. The van der Waals surface area contributed by atoms with Crippen LogP contribution in [0.3, 0.4) is 0 Å². The third kappa shape index (κ3) is 5.40. The molecule has 0 aliphatic carbocycles. The number of hydrogen-bond donors (Lipinski definition) is 2. The van der Waals surface area contributed by atoms with Crippen molar-refractivity contribution in [3.05, 3.63) is 35.4 Å². The summed E-state index contributed by atoms with van der Waals surface area (Å²) in [5.74, 6) is -0.567. The zero-order valence-corrected chi connectivity index (χ0v) is 12.3. The van der Waals surface area contributed by atoms with Gasteiger partial charge in [-0.1, -0.05) is 32.9 Å². The molecule has 0 bridgehead atoms. The first-order valence-electron chi connectivity index (χ1n) is 5.99. The van der Waals surface area contributed by atoms with E-state index in [0.717, 1.165) is 5.56 Å². The number of primary sulfonamides is 1. The lowest BCUT2D eigenvalue weighted by atomic mass is 9.87. The minimum atomic E-state index is -3.54. The van der Waals surface area contributed by atoms with E-state index in [2.05, 4.69) is 26.1 Å². The largest absolute Gasteiger partial charge is 0.351 e. The first-order valence-corrected chi connectivity index (χ1v) is 7.70. The number of carbonyl (C=O) groups excluding carboxylic acids is 1. The molecule has 0 fully saturated rings. The van der Waals surface area contributed by atoms with Crippen molar-refractivity contribution in [2.45, 2.75) is 26.2 Å². The van der Waals surface area contributed by atoms with E-state index >= 15 is 0 Å². The highest BCUT2D eigenvalue weighted by atomic mass is 32.2. The molecule has 0 unspecified atom stereocenters. The Balaban J connectivity index is 2.64. The van der Waals surface area contributed by atoms with Crippen molar-refractivity contribution in [2.24, 2.45) is 5.14 Å². The van der Waals surface area contributed by atoms with Crippen LogP contribution < -0.4 is 10.5 Å². The Morgan fingerprint density at radius 2 is 1.74 bits per heavy atom. The van der Waals surface area contributed by atoms with Gasteiger partial charge in [0.05, 0.1) is 5.75 Å². The summed E-state index contributed by atoms with van der Waals surface area (Å²) >= 11 is 0. The van der Waals surface area contributed by atoms with E-state index in [1.54, 1.807) is 12.1 Å². The second kappa shape index (κ2) is 5.71. The Kier molecular flexibility index (Phi) is 4.70. The van der Waals surface area contributed by atoms with Crippen molar-refractivity contribution >= 4 is 15.9 Å². The van der Waals surface area contributed by atoms with Gasteiger partial charge in [0.1, 0.15) is 0 Å². The quantitative estimate of drug-likeness (QED) is 0.864. The summed E-state index contributed by atoms with van der Waals surface area (Å²) in [6.45, 7) is 6.29. The van der Waals surface area contributed by atoms with Crippen LogP contribution in [0.15, 0.2) is 24.3 Å². The van der Waals surface area contributed by atoms with E-state index in [4.69, 9.17) is 5.14 Å². The van der Waals surface area contributed by atoms with Crippen LogP contribution in [0, 0.1) is 0 Å². The summed E-state index contributed by atoms with van der Waals surface area (Å²) in [5.41, 5.74) is 1.67. The molecule has 106 valence electrons. The number of rotatable bonds is 4. The average molecular weight is 284 g/mol. The van der Waals surface area contributed by atoms with Gasteiger partial charge in [0, 0.05) is 12.1 Å². The first kappa shape index (κ1) is 15.7. The highest BCUT2D eigenvalue weighted by Gasteiger charge is 2.14. The molecule has 0 aliphatic heterocycles. The molecule has 0 aliphatic rings. The molecular weight excluding hydrogens is 264 g/mol. The summed E-state index contributed by atoms with van der Waals surface area (Å²) in [6.07, 6.45) is 0. The summed E-state index contributed by atoms with van der Waals surface area (Å²) in [7, 11) is -3.54. The fourth-order valence-corrected chi connectivity index (χ4v) is 1.92. The standard InChI is InChI=1S/C13H20N2O3S/c1-13(2,3)11-6-4-10(5-7-11)12(16)15-8-9-19(14,17)18/h4-7H,8-9H2,1-3H3,(H,15,16)(H2,14,17,18). The molecular formula is C13H20N2O3S. The number of nitrogens with two attached hydrogens (primary N) is 1. The Morgan fingerprint density at radius 1 is 1.21 bits per heavy atom. The van der Waals surface area contributed by atoms with Crippen LogP contribution in [-0.2, 0) is 15.4 Å². The molecule has 1 rings (SSSR count). The van der Waals surface area contributed by atoms with E-state index < -0.39 is 10.0 Å². The molecule has 5 nitrogen and oxygen atoms in total. The minimum absolute atomic E-state index is 0.0126. The van der Waals surface area contributed by atoms with Gasteiger partial charge in [0.15, 0.2) is 0 Å². The van der Waals surface area contributed by atoms with E-state index in [0.29, 0.717) is 5.56 Å². The van der Waals surface area contributed by atoms with Gasteiger partial charge in [-0.15, -0.1) is 0 Å². The van der Waals surface area contributed by atoms with Gasteiger partial charge in [-0.05, 0) is 23.1 Å². The molecule has 0 spiro atoms. The third-order valence-electron chi connectivity index (χ3n) is 2.69. The fraction of sp³-hybridized carbons (Fsp3) is 0.462. The molecule has 3 N–H and O–H groups in total. The summed E-state index contributed by atoms with van der Waals surface area (Å²) in [4.78, 5) is 11.7. The lowest BCUT2D eigenvalue weighted by Gasteiger charge is -2.19. The van der Waals surface area contributed by atoms with Crippen molar-refractivity contribution in [2.75, 3.05) is 12.3 Å². The molecule has 0 saturated carbocycles. The molecule has 0 heterocycles. The second-order valence-electron chi connectivity index (χ2n) is 5.45. The van der Waals surface area contributed by atoms with Crippen LogP contribution in [-0.4, -0.2) is 26.6 Å². The van der Waals surface area contributed by atoms with E-state index in [1.165, 1.54) is 0 Å². The maximum atomic E-state index is 11.7. The first-order chi connectivity index (χ1) is 8.59. The van der Waals surface area contributed by atoms with Crippen LogP contribution in [0.1, 0.15) is 36.7 Å². The van der Waals surface area contributed by atoms with Gasteiger partial charge in [0.25, 0.3) is 5.91 Å². The molecule has 6 heteroatoms. The number of hydrogen-bond acceptors (Lipinski definition) is 3. The lowest BCUT2D eigenvalue weighted by molar-refractivity contribution is 0.0956. The van der Waals surface area contributed by atoms with Crippen LogP contribution in [0.25, 0.3) is 0 Å². The smallest absolute Gasteiger partial charge is 0.251 e. The Hall–Kier alpha value is -1.40. The normalized spacial score (nSPS) is 12.2. The fourth-order valence-electron chi connectivity index (χ4n) is 1.53. The van der Waals surface area contributed by atoms with Crippen molar-refractivity contribution in [3.63, 3.8) is 0 Å². The lowest BCUT2D eigenvalue weighted by Crippen LogP contribution is -2.31. The van der Waals surface area contributed by atoms with Crippen LogP contribution in [0.2, 0.25) is 0 Å². The summed E-state index contributed by atoms with van der Waals surface area (Å²) in [6, 6.07) is 7.25. The van der Waals surface area contributed by atoms with Crippen molar-refractivity contribution in [3.8, 4) is 0 Å². The number of sulfonamides is 1. The predicted molar refractivity (Wildman–Crippen MR) is 75.4 cm³/mol. The van der Waals surface area contributed by atoms with Crippen LogP contribution >= 0.6 is 0 Å².